The van der Waals surface area contributed by atoms with Gasteiger partial charge in [-0.15, -0.1) is 0 Å². The maximum absolute atomic E-state index is 11.1. The van der Waals surface area contributed by atoms with Gasteiger partial charge in [0.15, 0.2) is 0 Å². The van der Waals surface area contributed by atoms with Gasteiger partial charge in [-0.05, 0) is 22.4 Å². The van der Waals surface area contributed by atoms with Crippen molar-refractivity contribution < 1.29 is 9.90 Å². The zero-order valence-electron chi connectivity index (χ0n) is 9.26. The standard InChI is InChI=1S/C13H14N2O2/c14-15-13(17)8-12(16)11-6-5-9-3-1-2-4-10(9)7-11/h1-7,12,16H,8,14H2,(H,15,17)/t12-/m1/s1. The SMILES string of the molecule is NNC(=O)C[C@@H](O)c1ccc2ccccc2c1. The number of nitrogens with two attached hydrogens (primary N) is 1. The summed E-state index contributed by atoms with van der Waals surface area (Å²) in [6.07, 6.45) is -0.863. The minimum absolute atomic E-state index is 0.0329. The van der Waals surface area contributed by atoms with E-state index in [0.717, 1.165) is 10.8 Å². The number of benzene rings is 2. The van der Waals surface area contributed by atoms with Crippen molar-refractivity contribution in [2.24, 2.45) is 5.84 Å². The molecule has 0 spiro atoms. The minimum atomic E-state index is -0.830. The number of aliphatic hydroxyl groups is 1. The Bertz CT molecular complexity index is 540. The Hall–Kier alpha value is -1.91. The van der Waals surface area contributed by atoms with Crippen molar-refractivity contribution in [2.75, 3.05) is 0 Å². The molecule has 88 valence electrons. The molecular weight excluding hydrogens is 216 g/mol. The van der Waals surface area contributed by atoms with Crippen LogP contribution in [0, 0.1) is 0 Å². The normalized spacial score (nSPS) is 12.4. The van der Waals surface area contributed by atoms with Gasteiger partial charge < -0.3 is 5.11 Å². The molecule has 1 atom stereocenters. The predicted molar refractivity (Wildman–Crippen MR) is 65.9 cm³/mol. The van der Waals surface area contributed by atoms with Crippen molar-refractivity contribution >= 4 is 16.7 Å². The first-order valence-corrected chi connectivity index (χ1v) is 5.37. The lowest BCUT2D eigenvalue weighted by Crippen LogP contribution is -2.31. The molecule has 17 heavy (non-hydrogen) atoms. The third-order valence-electron chi connectivity index (χ3n) is 2.70. The molecule has 4 nitrogen and oxygen atoms in total. The average Bonchev–Trinajstić information content (AvgIpc) is 2.38. The maximum atomic E-state index is 11.1. The van der Waals surface area contributed by atoms with Crippen LogP contribution in [0.3, 0.4) is 0 Å². The number of carbonyl (C=O) groups is 1. The minimum Gasteiger partial charge on any atom is -0.388 e. The van der Waals surface area contributed by atoms with E-state index in [0.29, 0.717) is 5.56 Å². The summed E-state index contributed by atoms with van der Waals surface area (Å²) < 4.78 is 0. The van der Waals surface area contributed by atoms with Crippen LogP contribution in [0.25, 0.3) is 10.8 Å². The van der Waals surface area contributed by atoms with Gasteiger partial charge in [0.05, 0.1) is 12.5 Å². The van der Waals surface area contributed by atoms with Gasteiger partial charge in [0.25, 0.3) is 0 Å². The number of fused-ring (bicyclic) bond motifs is 1. The average molecular weight is 230 g/mol. The van der Waals surface area contributed by atoms with Crippen LogP contribution in [-0.2, 0) is 4.79 Å². The second-order valence-corrected chi connectivity index (χ2v) is 3.89. The summed E-state index contributed by atoms with van der Waals surface area (Å²) in [7, 11) is 0. The van der Waals surface area contributed by atoms with E-state index >= 15 is 0 Å². The number of nitrogens with one attached hydrogen (secondary N) is 1. The molecule has 0 saturated heterocycles. The van der Waals surface area contributed by atoms with Crippen LogP contribution in [0.15, 0.2) is 42.5 Å². The predicted octanol–water partition coefficient (Wildman–Crippen LogP) is 1.25. The molecule has 0 aliphatic rings. The highest BCUT2D eigenvalue weighted by Gasteiger charge is 2.12. The van der Waals surface area contributed by atoms with Gasteiger partial charge in [-0.1, -0.05) is 36.4 Å². The molecule has 4 N–H and O–H groups in total. The maximum Gasteiger partial charge on any atom is 0.236 e. The molecule has 1 amide bonds. The number of hydrazine groups is 1. The lowest BCUT2D eigenvalue weighted by molar-refractivity contribution is -0.123. The third kappa shape index (κ3) is 2.61. The summed E-state index contributed by atoms with van der Waals surface area (Å²) in [5.74, 6) is 4.59. The quantitative estimate of drug-likeness (QED) is 0.422. The Labute approximate surface area is 99.0 Å². The van der Waals surface area contributed by atoms with E-state index < -0.39 is 6.10 Å². The molecule has 4 heteroatoms. The fraction of sp³-hybridized carbons (Fsp3) is 0.154. The largest absolute Gasteiger partial charge is 0.388 e. The summed E-state index contributed by atoms with van der Waals surface area (Å²) in [6.45, 7) is 0. The zero-order chi connectivity index (χ0) is 12.3. The number of rotatable bonds is 3. The fourth-order valence-electron chi connectivity index (χ4n) is 1.77. The highest BCUT2D eigenvalue weighted by Crippen LogP contribution is 2.22. The lowest BCUT2D eigenvalue weighted by Gasteiger charge is -2.10. The van der Waals surface area contributed by atoms with Crippen molar-refractivity contribution in [2.45, 2.75) is 12.5 Å². The van der Waals surface area contributed by atoms with E-state index in [9.17, 15) is 9.90 Å². The molecule has 0 saturated carbocycles. The van der Waals surface area contributed by atoms with Crippen LogP contribution in [0.1, 0.15) is 18.1 Å². The van der Waals surface area contributed by atoms with E-state index in [2.05, 4.69) is 0 Å². The monoisotopic (exact) mass is 230 g/mol. The zero-order valence-corrected chi connectivity index (χ0v) is 9.26. The molecule has 0 aliphatic carbocycles. The van der Waals surface area contributed by atoms with Crippen molar-refractivity contribution in [3.63, 3.8) is 0 Å². The van der Waals surface area contributed by atoms with Gasteiger partial charge in [-0.25, -0.2) is 5.84 Å². The third-order valence-corrected chi connectivity index (χ3v) is 2.70. The van der Waals surface area contributed by atoms with Crippen molar-refractivity contribution in [1.82, 2.24) is 5.43 Å². The Balaban J connectivity index is 2.26. The molecule has 0 radical (unpaired) electrons. The first kappa shape index (κ1) is 11.6. The fourth-order valence-corrected chi connectivity index (χ4v) is 1.77. The first-order chi connectivity index (χ1) is 8.20. The van der Waals surface area contributed by atoms with Crippen LogP contribution in [0.4, 0.5) is 0 Å². The molecule has 0 aliphatic heterocycles. The molecule has 0 fully saturated rings. The molecule has 2 rings (SSSR count). The lowest BCUT2D eigenvalue weighted by atomic mass is 10.0. The molecule has 0 bridgehead atoms. The number of hydrogen-bond donors (Lipinski definition) is 3. The molecule has 0 heterocycles. The van der Waals surface area contributed by atoms with E-state index in [-0.39, 0.29) is 12.3 Å². The van der Waals surface area contributed by atoms with Crippen molar-refractivity contribution in [3.05, 3.63) is 48.0 Å². The van der Waals surface area contributed by atoms with Gasteiger partial charge in [0.1, 0.15) is 0 Å². The van der Waals surface area contributed by atoms with Crippen LogP contribution in [-0.4, -0.2) is 11.0 Å². The van der Waals surface area contributed by atoms with Crippen LogP contribution >= 0.6 is 0 Å². The molecule has 0 aromatic heterocycles. The van der Waals surface area contributed by atoms with E-state index in [1.165, 1.54) is 0 Å². The summed E-state index contributed by atoms with van der Waals surface area (Å²) in [5.41, 5.74) is 2.72. The van der Waals surface area contributed by atoms with E-state index in [1.807, 2.05) is 47.9 Å². The van der Waals surface area contributed by atoms with Crippen LogP contribution < -0.4 is 11.3 Å². The Morgan fingerprint density at radius 3 is 2.65 bits per heavy atom. The van der Waals surface area contributed by atoms with Crippen LogP contribution in [0.2, 0.25) is 0 Å². The number of amides is 1. The topological polar surface area (TPSA) is 75.3 Å². The highest BCUT2D eigenvalue weighted by atomic mass is 16.3. The molecule has 2 aromatic carbocycles. The Morgan fingerprint density at radius 1 is 1.24 bits per heavy atom. The highest BCUT2D eigenvalue weighted by molar-refractivity contribution is 5.83. The summed E-state index contributed by atoms with van der Waals surface area (Å²) in [6, 6.07) is 13.5. The Kier molecular flexibility index (Phi) is 3.37. The molecule has 2 aromatic rings. The van der Waals surface area contributed by atoms with Gasteiger partial charge in [0.2, 0.25) is 5.91 Å². The smallest absolute Gasteiger partial charge is 0.236 e. The first-order valence-electron chi connectivity index (χ1n) is 5.37. The second kappa shape index (κ2) is 4.95. The number of carbonyl (C=O) groups excluding carboxylic acids is 1. The van der Waals surface area contributed by atoms with Crippen molar-refractivity contribution in [3.8, 4) is 0 Å². The Morgan fingerprint density at radius 2 is 1.94 bits per heavy atom. The van der Waals surface area contributed by atoms with Gasteiger partial charge >= 0.3 is 0 Å². The van der Waals surface area contributed by atoms with Crippen molar-refractivity contribution in [1.29, 1.82) is 0 Å². The van der Waals surface area contributed by atoms with E-state index in [4.69, 9.17) is 5.84 Å². The van der Waals surface area contributed by atoms with Gasteiger partial charge in [-0.3, -0.25) is 10.2 Å². The van der Waals surface area contributed by atoms with Gasteiger partial charge in [-0.2, -0.15) is 0 Å². The van der Waals surface area contributed by atoms with E-state index in [1.54, 1.807) is 0 Å². The summed E-state index contributed by atoms with van der Waals surface area (Å²) >= 11 is 0. The second-order valence-electron chi connectivity index (χ2n) is 3.89. The molecular formula is C13H14N2O2. The summed E-state index contributed by atoms with van der Waals surface area (Å²) in [5, 5.41) is 12.0. The van der Waals surface area contributed by atoms with Crippen LogP contribution in [0.5, 0.6) is 0 Å². The summed E-state index contributed by atoms with van der Waals surface area (Å²) in [4.78, 5) is 11.1. The number of aliphatic hydroxyl groups excluding tert-OH is 1. The van der Waals surface area contributed by atoms with Gasteiger partial charge in [0, 0.05) is 0 Å². The number of hydrogen-bond acceptors (Lipinski definition) is 3. The molecule has 0 unspecified atom stereocenters.